The van der Waals surface area contributed by atoms with Gasteiger partial charge in [-0.15, -0.1) is 0 Å². The van der Waals surface area contributed by atoms with E-state index in [4.69, 9.17) is 8.83 Å². The molecular weight excluding hydrogens is 709 g/mol. The Bertz CT molecular complexity index is 3830. The zero-order valence-corrected chi connectivity index (χ0v) is 31.2. The molecule has 0 fully saturated rings. The molecule has 13 rings (SSSR count). The molecule has 270 valence electrons. The van der Waals surface area contributed by atoms with Gasteiger partial charge in [0, 0.05) is 55.1 Å². The lowest BCUT2D eigenvalue weighted by Crippen LogP contribution is -2.10. The molecule has 10 aromatic carbocycles. The molecule has 0 saturated heterocycles. The lowest BCUT2D eigenvalue weighted by atomic mass is 9.96. The van der Waals surface area contributed by atoms with Crippen LogP contribution in [0, 0.1) is 0 Å². The van der Waals surface area contributed by atoms with Gasteiger partial charge in [-0.25, -0.2) is 0 Å². The molecule has 0 spiro atoms. The van der Waals surface area contributed by atoms with Crippen LogP contribution < -0.4 is 4.90 Å². The van der Waals surface area contributed by atoms with Gasteiger partial charge >= 0.3 is 0 Å². The topological polar surface area (TPSA) is 34.5 Å². The van der Waals surface area contributed by atoms with Crippen molar-refractivity contribution in [3.8, 4) is 5.69 Å². The first-order chi connectivity index (χ1) is 28.7. The number of hydrogen-bond donors (Lipinski definition) is 0. The molecule has 0 amide bonds. The Balaban J connectivity index is 1.08. The Morgan fingerprint density at radius 1 is 0.293 bits per heavy atom. The van der Waals surface area contributed by atoms with Gasteiger partial charge in [-0.1, -0.05) is 115 Å². The van der Waals surface area contributed by atoms with Crippen LogP contribution in [0.15, 0.2) is 203 Å². The summed E-state index contributed by atoms with van der Waals surface area (Å²) >= 11 is 0. The Hall–Kier alpha value is -7.82. The molecule has 0 radical (unpaired) electrons. The van der Waals surface area contributed by atoms with Crippen LogP contribution in [-0.4, -0.2) is 4.57 Å². The summed E-state index contributed by atoms with van der Waals surface area (Å²) in [5.41, 5.74) is 10.1. The van der Waals surface area contributed by atoms with E-state index in [2.05, 4.69) is 179 Å². The van der Waals surface area contributed by atoms with E-state index in [1.807, 2.05) is 24.3 Å². The number of para-hydroxylation sites is 3. The van der Waals surface area contributed by atoms with E-state index < -0.39 is 0 Å². The molecule has 4 nitrogen and oxygen atoms in total. The van der Waals surface area contributed by atoms with Crippen LogP contribution in [0.4, 0.5) is 17.1 Å². The van der Waals surface area contributed by atoms with Gasteiger partial charge in [0.2, 0.25) is 0 Å². The fraction of sp³-hybridized carbons (Fsp3) is 0. The fourth-order valence-electron chi connectivity index (χ4n) is 9.47. The number of rotatable bonds is 4. The maximum Gasteiger partial charge on any atom is 0.135 e. The number of hydrogen-bond acceptors (Lipinski definition) is 3. The van der Waals surface area contributed by atoms with Crippen LogP contribution in [0.2, 0.25) is 0 Å². The molecule has 0 bridgehead atoms. The molecule has 0 unspecified atom stereocenters. The first kappa shape index (κ1) is 31.4. The Morgan fingerprint density at radius 3 is 1.55 bits per heavy atom. The lowest BCUT2D eigenvalue weighted by Gasteiger charge is -2.26. The smallest absolute Gasteiger partial charge is 0.135 e. The largest absolute Gasteiger partial charge is 0.456 e. The number of benzene rings is 10. The van der Waals surface area contributed by atoms with E-state index >= 15 is 0 Å². The van der Waals surface area contributed by atoms with Crippen molar-refractivity contribution in [2.75, 3.05) is 4.90 Å². The van der Waals surface area contributed by atoms with Crippen molar-refractivity contribution >= 4 is 115 Å². The number of fused-ring (bicyclic) bond motifs is 14. The molecule has 0 aliphatic carbocycles. The van der Waals surface area contributed by atoms with Gasteiger partial charge in [0.25, 0.3) is 0 Å². The monoisotopic (exact) mass is 740 g/mol. The van der Waals surface area contributed by atoms with Crippen LogP contribution in [0.5, 0.6) is 0 Å². The molecule has 3 heterocycles. The van der Waals surface area contributed by atoms with Gasteiger partial charge in [-0.2, -0.15) is 0 Å². The van der Waals surface area contributed by atoms with Crippen molar-refractivity contribution in [2.45, 2.75) is 0 Å². The van der Waals surface area contributed by atoms with Gasteiger partial charge in [0.1, 0.15) is 22.3 Å². The number of aromatic nitrogens is 1. The molecule has 3 aromatic heterocycles. The average Bonchev–Trinajstić information content (AvgIpc) is 3.95. The molecule has 4 heteroatoms. The maximum atomic E-state index is 6.32. The Kier molecular flexibility index (Phi) is 6.41. The van der Waals surface area contributed by atoms with Crippen molar-refractivity contribution in [3.63, 3.8) is 0 Å². The van der Waals surface area contributed by atoms with E-state index in [0.29, 0.717) is 0 Å². The minimum atomic E-state index is 0.874. The number of furan rings is 2. The minimum Gasteiger partial charge on any atom is -0.456 e. The molecule has 0 N–H and O–H groups in total. The van der Waals surface area contributed by atoms with E-state index in [0.717, 1.165) is 77.7 Å². The predicted molar refractivity (Wildman–Crippen MR) is 243 cm³/mol. The Labute approximate surface area is 332 Å². The molecule has 13 aromatic rings. The van der Waals surface area contributed by atoms with Crippen molar-refractivity contribution in [1.82, 2.24) is 4.57 Å². The number of nitrogens with zero attached hydrogens (tertiary/aromatic N) is 2. The summed E-state index contributed by atoms with van der Waals surface area (Å²) in [7, 11) is 0. The quantitative estimate of drug-likeness (QED) is 0.169. The van der Waals surface area contributed by atoms with Crippen LogP contribution in [0.1, 0.15) is 0 Å². The normalized spacial score (nSPS) is 12.1. The van der Waals surface area contributed by atoms with E-state index in [-0.39, 0.29) is 0 Å². The van der Waals surface area contributed by atoms with Gasteiger partial charge < -0.3 is 18.3 Å². The third kappa shape index (κ3) is 4.51. The summed E-state index contributed by atoms with van der Waals surface area (Å²) in [6, 6.07) is 69.9. The molecule has 0 aliphatic heterocycles. The lowest BCUT2D eigenvalue weighted by molar-refractivity contribution is 0.668. The predicted octanol–water partition coefficient (Wildman–Crippen LogP) is 15.5. The second-order valence-corrected chi connectivity index (χ2v) is 15.3. The summed E-state index contributed by atoms with van der Waals surface area (Å²) in [6.45, 7) is 0. The average molecular weight is 741 g/mol. The highest BCUT2D eigenvalue weighted by Crippen LogP contribution is 2.44. The fourth-order valence-corrected chi connectivity index (χ4v) is 9.47. The molecule has 0 atom stereocenters. The standard InChI is InChI=1S/C54H32N2O2/c1-2-10-39-33(9-1)18-25-41-40(39)24-19-34-17-20-35(29-46(34)41)55(36-22-27-53-47(30-36)44-12-4-7-15-51(44)57-53)38-21-26-43-42-11-3-6-14-49(42)56(50(43)32-38)37-23-28-54-48(31-37)45-13-5-8-16-52(45)58-54/h1-32H. The highest BCUT2D eigenvalue weighted by Gasteiger charge is 2.20. The maximum absolute atomic E-state index is 6.32. The minimum absolute atomic E-state index is 0.874. The molecule has 58 heavy (non-hydrogen) atoms. The molecule has 0 aliphatic rings. The first-order valence-corrected chi connectivity index (χ1v) is 19.7. The third-order valence-electron chi connectivity index (χ3n) is 12.1. The highest BCUT2D eigenvalue weighted by atomic mass is 16.3. The second kappa shape index (κ2) is 11.8. The van der Waals surface area contributed by atoms with Crippen LogP contribution in [0.3, 0.4) is 0 Å². The van der Waals surface area contributed by atoms with E-state index in [1.165, 1.54) is 43.1 Å². The van der Waals surface area contributed by atoms with Crippen molar-refractivity contribution < 1.29 is 8.83 Å². The van der Waals surface area contributed by atoms with Crippen LogP contribution >= 0.6 is 0 Å². The van der Waals surface area contributed by atoms with Gasteiger partial charge in [-0.3, -0.25) is 0 Å². The number of anilines is 3. The molecule has 0 saturated carbocycles. The van der Waals surface area contributed by atoms with Gasteiger partial charge in [-0.05, 0) is 111 Å². The van der Waals surface area contributed by atoms with Gasteiger partial charge in [0.15, 0.2) is 0 Å². The van der Waals surface area contributed by atoms with Crippen molar-refractivity contribution in [3.05, 3.63) is 194 Å². The summed E-state index contributed by atoms with van der Waals surface area (Å²) < 4.78 is 15.0. The van der Waals surface area contributed by atoms with E-state index in [1.54, 1.807) is 0 Å². The third-order valence-corrected chi connectivity index (χ3v) is 12.1. The summed E-state index contributed by atoms with van der Waals surface area (Å²) in [6.07, 6.45) is 0. The van der Waals surface area contributed by atoms with E-state index in [9.17, 15) is 0 Å². The molecular formula is C54H32N2O2. The Morgan fingerprint density at radius 2 is 0.776 bits per heavy atom. The van der Waals surface area contributed by atoms with Crippen LogP contribution in [0.25, 0.3) is 104 Å². The second-order valence-electron chi connectivity index (χ2n) is 15.3. The van der Waals surface area contributed by atoms with Crippen molar-refractivity contribution in [1.29, 1.82) is 0 Å². The summed E-state index contributed by atoms with van der Waals surface area (Å²) in [4.78, 5) is 2.40. The summed E-state index contributed by atoms with van der Waals surface area (Å²) in [5.74, 6) is 0. The van der Waals surface area contributed by atoms with Gasteiger partial charge in [0.05, 0.1) is 11.0 Å². The first-order valence-electron chi connectivity index (χ1n) is 19.7. The zero-order chi connectivity index (χ0) is 37.9. The summed E-state index contributed by atoms with van der Waals surface area (Å²) in [5, 5.41) is 14.3. The van der Waals surface area contributed by atoms with Crippen molar-refractivity contribution in [2.24, 2.45) is 0 Å². The SMILES string of the molecule is c1ccc2c(c1)ccc1c3cc(N(c4ccc5oc6ccccc6c5c4)c4ccc5c6ccccc6n(-c6ccc7oc8ccccc8c7c6)c5c4)ccc3ccc21. The zero-order valence-electron chi connectivity index (χ0n) is 31.2. The van der Waals surface area contributed by atoms with Crippen LogP contribution in [-0.2, 0) is 0 Å². The highest BCUT2D eigenvalue weighted by molar-refractivity contribution is 6.18.